The number of hydrogen-bond acceptors (Lipinski definition) is 3. The van der Waals surface area contributed by atoms with Gasteiger partial charge in [0.05, 0.1) is 13.2 Å². The number of alkyl halides is 3. The fourth-order valence-electron chi connectivity index (χ4n) is 3.32. The number of nitrogens with zero attached hydrogens (tertiary/aromatic N) is 2. The molecule has 134 valence electrons. The first-order valence-corrected chi connectivity index (χ1v) is 8.22. The molecule has 2 rings (SSSR count). The van der Waals surface area contributed by atoms with Crippen LogP contribution < -0.4 is 5.32 Å². The summed E-state index contributed by atoms with van der Waals surface area (Å²) in [5.41, 5.74) is 0.0787. The van der Waals surface area contributed by atoms with Crippen molar-refractivity contribution >= 4 is 5.96 Å². The molecule has 2 unspecified atom stereocenters. The summed E-state index contributed by atoms with van der Waals surface area (Å²) in [6.45, 7) is 4.75. The van der Waals surface area contributed by atoms with Gasteiger partial charge in [-0.3, -0.25) is 4.99 Å². The fraction of sp³-hybridized carbons (Fsp3) is 0.933. The minimum atomic E-state index is -4.64. The van der Waals surface area contributed by atoms with Crippen LogP contribution in [-0.2, 0) is 4.74 Å². The zero-order valence-corrected chi connectivity index (χ0v) is 13.5. The third kappa shape index (κ3) is 4.97. The van der Waals surface area contributed by atoms with Gasteiger partial charge in [-0.05, 0) is 32.6 Å². The molecule has 0 aliphatic carbocycles. The summed E-state index contributed by atoms with van der Waals surface area (Å²) in [5, 5.41) is 12.2. The minimum absolute atomic E-state index is 0.0787. The van der Waals surface area contributed by atoms with E-state index in [-0.39, 0.29) is 5.41 Å². The Morgan fingerprint density at radius 2 is 2.13 bits per heavy atom. The second-order valence-corrected chi connectivity index (χ2v) is 6.43. The number of piperidine rings is 1. The molecule has 0 bridgehead atoms. The van der Waals surface area contributed by atoms with E-state index in [4.69, 9.17) is 9.84 Å². The molecule has 8 heteroatoms. The first kappa shape index (κ1) is 18.3. The summed E-state index contributed by atoms with van der Waals surface area (Å²) in [7, 11) is 0. The highest BCUT2D eigenvalue weighted by atomic mass is 19.4. The highest BCUT2D eigenvalue weighted by Crippen LogP contribution is 2.37. The van der Waals surface area contributed by atoms with E-state index in [1.54, 1.807) is 0 Å². The van der Waals surface area contributed by atoms with Crippen molar-refractivity contribution in [3.05, 3.63) is 0 Å². The number of nitrogens with one attached hydrogen (secondary N) is 1. The molecule has 2 atom stereocenters. The molecule has 5 nitrogen and oxygen atoms in total. The Kier molecular flexibility index (Phi) is 6.13. The molecule has 2 fully saturated rings. The van der Waals surface area contributed by atoms with Crippen molar-refractivity contribution in [3.8, 4) is 0 Å². The molecule has 0 aromatic heterocycles. The number of rotatable bonds is 3. The molecule has 2 aliphatic heterocycles. The summed E-state index contributed by atoms with van der Waals surface area (Å²) >= 11 is 0. The lowest BCUT2D eigenvalue weighted by Crippen LogP contribution is -2.53. The molecule has 0 radical (unpaired) electrons. The van der Waals surface area contributed by atoms with Crippen molar-refractivity contribution < 1.29 is 23.0 Å². The molecule has 23 heavy (non-hydrogen) atoms. The number of hydrogen-bond donors (Lipinski definition) is 2. The molecule has 0 amide bonds. The molecular formula is C15H26F3N3O2. The van der Waals surface area contributed by atoms with Crippen molar-refractivity contribution in [3.63, 3.8) is 0 Å². The number of aliphatic hydroxyl groups excluding tert-OH is 1. The van der Waals surface area contributed by atoms with Crippen LogP contribution in [-0.4, -0.2) is 67.6 Å². The number of aliphatic hydroxyl groups is 1. The highest BCUT2D eigenvalue weighted by molar-refractivity contribution is 5.80. The van der Waals surface area contributed by atoms with Gasteiger partial charge in [0.25, 0.3) is 0 Å². The van der Waals surface area contributed by atoms with E-state index in [1.165, 1.54) is 0 Å². The van der Waals surface area contributed by atoms with E-state index in [0.717, 1.165) is 45.4 Å². The van der Waals surface area contributed by atoms with Gasteiger partial charge in [0.1, 0.15) is 0 Å². The van der Waals surface area contributed by atoms with Crippen molar-refractivity contribution in [2.24, 2.45) is 10.4 Å². The maximum Gasteiger partial charge on any atom is 0.416 e. The highest BCUT2D eigenvalue weighted by Gasteiger charge is 2.40. The lowest BCUT2D eigenvalue weighted by molar-refractivity contribution is -0.199. The van der Waals surface area contributed by atoms with Gasteiger partial charge in [-0.2, -0.15) is 13.2 Å². The SMILES string of the molecule is CCNC(=NCC(O)C(F)(F)F)N1CCCC2(CCCOC2)C1. The van der Waals surface area contributed by atoms with Gasteiger partial charge in [-0.25, -0.2) is 0 Å². The lowest BCUT2D eigenvalue weighted by Gasteiger charge is -2.45. The molecule has 1 spiro atoms. The van der Waals surface area contributed by atoms with Crippen LogP contribution in [0, 0.1) is 5.41 Å². The topological polar surface area (TPSA) is 57.1 Å². The van der Waals surface area contributed by atoms with Crippen molar-refractivity contribution in [2.75, 3.05) is 39.4 Å². The van der Waals surface area contributed by atoms with Crippen LogP contribution in [0.25, 0.3) is 0 Å². The smallest absolute Gasteiger partial charge is 0.382 e. The molecule has 2 N–H and O–H groups in total. The summed E-state index contributed by atoms with van der Waals surface area (Å²) in [4.78, 5) is 6.01. The number of aliphatic imine (C=N–C) groups is 1. The van der Waals surface area contributed by atoms with Crippen LogP contribution in [0.1, 0.15) is 32.6 Å². The summed E-state index contributed by atoms with van der Waals surface area (Å²) in [6.07, 6.45) is -2.92. The third-order valence-electron chi connectivity index (χ3n) is 4.49. The Hall–Kier alpha value is -1.02. The van der Waals surface area contributed by atoms with Gasteiger partial charge in [-0.15, -0.1) is 0 Å². The Morgan fingerprint density at radius 3 is 2.74 bits per heavy atom. The molecule has 2 heterocycles. The Morgan fingerprint density at radius 1 is 1.39 bits per heavy atom. The van der Waals surface area contributed by atoms with Gasteiger partial charge >= 0.3 is 6.18 Å². The monoisotopic (exact) mass is 337 g/mol. The predicted octanol–water partition coefficient (Wildman–Crippen LogP) is 1.77. The first-order chi connectivity index (χ1) is 10.9. The predicted molar refractivity (Wildman–Crippen MR) is 81.3 cm³/mol. The Bertz CT molecular complexity index is 404. The van der Waals surface area contributed by atoms with Gasteiger partial charge in [0.15, 0.2) is 12.1 Å². The van der Waals surface area contributed by atoms with Crippen LogP contribution >= 0.6 is 0 Å². The van der Waals surface area contributed by atoms with Crippen molar-refractivity contribution in [2.45, 2.75) is 44.9 Å². The van der Waals surface area contributed by atoms with Crippen LogP contribution in [0.15, 0.2) is 4.99 Å². The quantitative estimate of drug-likeness (QED) is 0.609. The van der Waals surface area contributed by atoms with Crippen LogP contribution in [0.3, 0.4) is 0 Å². The largest absolute Gasteiger partial charge is 0.416 e. The van der Waals surface area contributed by atoms with Gasteiger partial charge in [0, 0.05) is 31.7 Å². The van der Waals surface area contributed by atoms with Crippen molar-refractivity contribution in [1.29, 1.82) is 0 Å². The number of likely N-dealkylation sites (tertiary alicyclic amines) is 1. The maximum atomic E-state index is 12.4. The first-order valence-electron chi connectivity index (χ1n) is 8.22. The number of ether oxygens (including phenoxy) is 1. The second-order valence-electron chi connectivity index (χ2n) is 6.43. The number of guanidine groups is 1. The fourth-order valence-corrected chi connectivity index (χ4v) is 3.32. The Labute approximate surface area is 134 Å². The molecule has 0 aromatic rings. The molecule has 2 aliphatic rings. The van der Waals surface area contributed by atoms with E-state index in [2.05, 4.69) is 10.3 Å². The third-order valence-corrected chi connectivity index (χ3v) is 4.49. The average Bonchev–Trinajstić information content (AvgIpc) is 2.51. The van der Waals surface area contributed by atoms with Gasteiger partial charge in [0.2, 0.25) is 0 Å². The minimum Gasteiger partial charge on any atom is -0.382 e. The van der Waals surface area contributed by atoms with E-state index >= 15 is 0 Å². The van der Waals surface area contributed by atoms with E-state index in [9.17, 15) is 13.2 Å². The van der Waals surface area contributed by atoms with E-state index in [0.29, 0.717) is 19.1 Å². The Balaban J connectivity index is 2.04. The van der Waals surface area contributed by atoms with Gasteiger partial charge in [-0.1, -0.05) is 0 Å². The van der Waals surface area contributed by atoms with E-state index < -0.39 is 18.8 Å². The maximum absolute atomic E-state index is 12.4. The van der Waals surface area contributed by atoms with E-state index in [1.807, 2.05) is 11.8 Å². The molecule has 2 saturated heterocycles. The summed E-state index contributed by atoms with van der Waals surface area (Å²) in [6, 6.07) is 0. The second kappa shape index (κ2) is 7.70. The summed E-state index contributed by atoms with van der Waals surface area (Å²) < 4.78 is 42.9. The molecular weight excluding hydrogens is 311 g/mol. The average molecular weight is 337 g/mol. The summed E-state index contributed by atoms with van der Waals surface area (Å²) in [5.74, 6) is 0.445. The van der Waals surface area contributed by atoms with Crippen LogP contribution in [0.5, 0.6) is 0 Å². The normalized spacial score (nSPS) is 28.0. The van der Waals surface area contributed by atoms with Gasteiger partial charge < -0.3 is 20.1 Å². The molecule has 0 saturated carbocycles. The standard InChI is InChI=1S/C15H26F3N3O2/c1-2-19-13(20-9-12(22)15(16,17)18)21-7-3-5-14(10-21)6-4-8-23-11-14/h12,22H,2-11H2,1H3,(H,19,20). The zero-order chi connectivity index (χ0) is 16.9. The zero-order valence-electron chi connectivity index (χ0n) is 13.5. The number of halogens is 3. The van der Waals surface area contributed by atoms with Crippen LogP contribution in [0.4, 0.5) is 13.2 Å². The van der Waals surface area contributed by atoms with Crippen molar-refractivity contribution in [1.82, 2.24) is 10.2 Å². The lowest BCUT2D eigenvalue weighted by atomic mass is 9.76. The van der Waals surface area contributed by atoms with Crippen LogP contribution in [0.2, 0.25) is 0 Å². The molecule has 0 aromatic carbocycles.